The molecule has 0 aliphatic carbocycles. The van der Waals surface area contributed by atoms with Crippen molar-refractivity contribution in [2.75, 3.05) is 13.6 Å². The number of aryl methyl sites for hydroxylation is 1. The Morgan fingerprint density at radius 2 is 2.24 bits per heavy atom. The lowest BCUT2D eigenvalue weighted by Crippen LogP contribution is -2.32. The number of hydrogen-bond acceptors (Lipinski definition) is 6. The Kier molecular flexibility index (Phi) is 4.27. The molecule has 0 spiro atoms. The maximum absolute atomic E-state index is 12.2. The minimum Gasteiger partial charge on any atom is -0.488 e. The van der Waals surface area contributed by atoms with E-state index in [1.807, 2.05) is 32.2 Å². The van der Waals surface area contributed by atoms with Crippen LogP contribution in [0.3, 0.4) is 0 Å². The molecule has 0 saturated carbocycles. The average molecular weight is 356 g/mol. The van der Waals surface area contributed by atoms with Crippen LogP contribution in [0.2, 0.25) is 0 Å². The van der Waals surface area contributed by atoms with Gasteiger partial charge in [-0.1, -0.05) is 36.5 Å². The van der Waals surface area contributed by atoms with E-state index in [-0.39, 0.29) is 11.7 Å². The van der Waals surface area contributed by atoms with Crippen molar-refractivity contribution in [2.45, 2.75) is 32.4 Å². The van der Waals surface area contributed by atoms with Gasteiger partial charge < -0.3 is 4.74 Å². The molecular formula is C18H20N4O2S. The second-order valence-electron chi connectivity index (χ2n) is 6.38. The predicted octanol–water partition coefficient (Wildman–Crippen LogP) is 2.15. The van der Waals surface area contributed by atoms with Crippen LogP contribution in [0.1, 0.15) is 23.2 Å². The first-order valence-electron chi connectivity index (χ1n) is 8.44. The number of ether oxygens (including phenoxy) is 1. The van der Waals surface area contributed by atoms with Gasteiger partial charge in [0.1, 0.15) is 16.9 Å². The van der Waals surface area contributed by atoms with Crippen molar-refractivity contribution >= 4 is 16.3 Å². The van der Waals surface area contributed by atoms with E-state index >= 15 is 0 Å². The Balaban J connectivity index is 1.45. The highest BCUT2D eigenvalue weighted by Crippen LogP contribution is 2.28. The molecule has 0 bridgehead atoms. The molecule has 1 aliphatic rings. The van der Waals surface area contributed by atoms with Gasteiger partial charge in [0.2, 0.25) is 4.96 Å². The number of nitrogens with zero attached hydrogens (tertiary/aromatic N) is 4. The van der Waals surface area contributed by atoms with Gasteiger partial charge >= 0.3 is 0 Å². The summed E-state index contributed by atoms with van der Waals surface area (Å²) in [6, 6.07) is 9.74. The number of likely N-dealkylation sites (N-methyl/N-ethyl adjacent to an activating group) is 1. The summed E-state index contributed by atoms with van der Waals surface area (Å²) in [7, 11) is 2.03. The lowest BCUT2D eigenvalue weighted by molar-refractivity contribution is 0.164. The van der Waals surface area contributed by atoms with Gasteiger partial charge in [0.05, 0.1) is 5.69 Å². The van der Waals surface area contributed by atoms with E-state index in [9.17, 15) is 4.79 Å². The number of fused-ring (bicyclic) bond motifs is 2. The third-order valence-corrected chi connectivity index (χ3v) is 5.36. The summed E-state index contributed by atoms with van der Waals surface area (Å²) in [5.41, 5.74) is 1.92. The van der Waals surface area contributed by atoms with Crippen molar-refractivity contribution in [3.8, 4) is 5.75 Å². The van der Waals surface area contributed by atoms with Gasteiger partial charge in [-0.2, -0.15) is 9.61 Å². The normalized spacial score (nSPS) is 16.4. The monoisotopic (exact) mass is 356 g/mol. The third-order valence-electron chi connectivity index (χ3n) is 4.30. The standard InChI is InChI=1S/C18H20N4O2S/c1-3-16-20-22-17(23)9-13(19-18(22)25-16)10-21(2)11-14-8-12-6-4-5-7-15(12)24-14/h4-7,9,14H,3,8,10-11H2,1-2H3/t14-/m0/s1. The molecule has 0 unspecified atom stereocenters. The Bertz CT molecular complexity index is 940. The first kappa shape index (κ1) is 16.2. The Hall–Kier alpha value is -2.25. The van der Waals surface area contributed by atoms with Crippen LogP contribution in [0.5, 0.6) is 5.75 Å². The van der Waals surface area contributed by atoms with Crippen LogP contribution in [0.15, 0.2) is 35.1 Å². The second-order valence-corrected chi connectivity index (χ2v) is 7.42. The quantitative estimate of drug-likeness (QED) is 0.701. The Morgan fingerprint density at radius 1 is 1.40 bits per heavy atom. The van der Waals surface area contributed by atoms with Gasteiger partial charge in [-0.25, -0.2) is 4.98 Å². The first-order chi connectivity index (χ1) is 12.1. The number of hydrogen-bond donors (Lipinski definition) is 0. The fourth-order valence-corrected chi connectivity index (χ4v) is 4.02. The van der Waals surface area contributed by atoms with E-state index in [2.05, 4.69) is 21.0 Å². The van der Waals surface area contributed by atoms with E-state index in [0.29, 0.717) is 11.5 Å². The zero-order chi connectivity index (χ0) is 17.4. The zero-order valence-electron chi connectivity index (χ0n) is 14.3. The zero-order valence-corrected chi connectivity index (χ0v) is 15.1. The van der Waals surface area contributed by atoms with Gasteiger partial charge in [0.25, 0.3) is 5.56 Å². The van der Waals surface area contributed by atoms with Gasteiger partial charge in [-0.05, 0) is 25.1 Å². The number of aromatic nitrogens is 3. The molecule has 130 valence electrons. The Morgan fingerprint density at radius 3 is 3.04 bits per heavy atom. The van der Waals surface area contributed by atoms with E-state index in [4.69, 9.17) is 4.74 Å². The summed E-state index contributed by atoms with van der Waals surface area (Å²) in [5, 5.41) is 5.21. The van der Waals surface area contributed by atoms with Crippen LogP contribution in [-0.2, 0) is 19.4 Å². The fourth-order valence-electron chi connectivity index (χ4n) is 3.16. The smallest absolute Gasteiger partial charge is 0.275 e. The highest BCUT2D eigenvalue weighted by molar-refractivity contribution is 7.16. The summed E-state index contributed by atoms with van der Waals surface area (Å²) in [4.78, 5) is 19.6. The van der Waals surface area contributed by atoms with Crippen molar-refractivity contribution in [1.82, 2.24) is 19.5 Å². The van der Waals surface area contributed by atoms with E-state index < -0.39 is 0 Å². The predicted molar refractivity (Wildman–Crippen MR) is 97.4 cm³/mol. The highest BCUT2D eigenvalue weighted by Gasteiger charge is 2.23. The highest BCUT2D eigenvalue weighted by atomic mass is 32.1. The van der Waals surface area contributed by atoms with Crippen LogP contribution in [0.25, 0.3) is 4.96 Å². The molecule has 3 aromatic rings. The molecular weight excluding hydrogens is 336 g/mol. The summed E-state index contributed by atoms with van der Waals surface area (Å²) < 4.78 is 7.38. The molecule has 2 aromatic heterocycles. The molecule has 6 nitrogen and oxygen atoms in total. The van der Waals surface area contributed by atoms with E-state index in [0.717, 1.165) is 35.8 Å². The summed E-state index contributed by atoms with van der Waals surface area (Å²) in [6.07, 6.45) is 1.87. The molecule has 7 heteroatoms. The molecule has 1 aliphatic heterocycles. The van der Waals surface area contributed by atoms with Crippen LogP contribution in [0, 0.1) is 0 Å². The minimum absolute atomic E-state index is 0.117. The maximum atomic E-state index is 12.2. The topological polar surface area (TPSA) is 59.7 Å². The van der Waals surface area contributed by atoms with Crippen molar-refractivity contribution < 1.29 is 4.74 Å². The fraction of sp³-hybridized carbons (Fsp3) is 0.389. The lowest BCUT2D eigenvalue weighted by Gasteiger charge is -2.20. The summed E-state index contributed by atoms with van der Waals surface area (Å²) in [6.45, 7) is 3.43. The Labute approximate surface area is 149 Å². The number of para-hydroxylation sites is 1. The molecule has 0 amide bonds. The average Bonchev–Trinajstić information content (AvgIpc) is 3.17. The van der Waals surface area contributed by atoms with Crippen molar-refractivity contribution in [2.24, 2.45) is 0 Å². The van der Waals surface area contributed by atoms with Gasteiger partial charge in [0.15, 0.2) is 0 Å². The molecule has 0 fully saturated rings. The molecule has 3 heterocycles. The van der Waals surface area contributed by atoms with Gasteiger partial charge in [-0.3, -0.25) is 9.69 Å². The van der Waals surface area contributed by atoms with E-state index in [1.54, 1.807) is 6.07 Å². The van der Waals surface area contributed by atoms with Crippen LogP contribution in [-0.4, -0.2) is 39.2 Å². The molecule has 25 heavy (non-hydrogen) atoms. The minimum atomic E-state index is -0.117. The summed E-state index contributed by atoms with van der Waals surface area (Å²) >= 11 is 1.47. The lowest BCUT2D eigenvalue weighted by atomic mass is 10.1. The molecule has 1 atom stereocenters. The van der Waals surface area contributed by atoms with E-state index in [1.165, 1.54) is 21.4 Å². The molecule has 0 N–H and O–H groups in total. The number of benzene rings is 1. The SMILES string of the molecule is CCc1nn2c(=O)cc(CN(C)C[C@@H]3Cc4ccccc4O3)nc2s1. The first-order valence-corrected chi connectivity index (χ1v) is 9.26. The van der Waals surface area contributed by atoms with Crippen LogP contribution in [0.4, 0.5) is 0 Å². The molecule has 4 rings (SSSR count). The molecule has 1 aromatic carbocycles. The summed E-state index contributed by atoms with van der Waals surface area (Å²) in [5.74, 6) is 0.982. The van der Waals surface area contributed by atoms with Crippen molar-refractivity contribution in [1.29, 1.82) is 0 Å². The van der Waals surface area contributed by atoms with Crippen LogP contribution < -0.4 is 10.3 Å². The van der Waals surface area contributed by atoms with Gasteiger partial charge in [0, 0.05) is 25.6 Å². The molecule has 0 saturated heterocycles. The maximum Gasteiger partial charge on any atom is 0.275 e. The second kappa shape index (κ2) is 6.57. The van der Waals surface area contributed by atoms with Crippen molar-refractivity contribution in [3.63, 3.8) is 0 Å². The van der Waals surface area contributed by atoms with Crippen LogP contribution >= 0.6 is 11.3 Å². The molecule has 0 radical (unpaired) electrons. The largest absolute Gasteiger partial charge is 0.488 e. The van der Waals surface area contributed by atoms with Crippen molar-refractivity contribution in [3.05, 3.63) is 57.0 Å². The number of rotatable bonds is 5. The van der Waals surface area contributed by atoms with Gasteiger partial charge in [-0.15, -0.1) is 0 Å². The third kappa shape index (κ3) is 3.29.